The lowest BCUT2D eigenvalue weighted by Gasteiger charge is -2.07. The molecule has 33 heavy (non-hydrogen) atoms. The van der Waals surface area contributed by atoms with Crippen molar-refractivity contribution in [2.45, 2.75) is 20.1 Å². The molecule has 0 amide bonds. The number of carbonyl (C=O) groups excluding carboxylic acids is 1. The third kappa shape index (κ3) is 6.20. The van der Waals surface area contributed by atoms with Gasteiger partial charge in [0.05, 0.1) is 18.8 Å². The van der Waals surface area contributed by atoms with Crippen molar-refractivity contribution in [3.8, 4) is 17.0 Å². The van der Waals surface area contributed by atoms with E-state index in [0.717, 1.165) is 33.7 Å². The fraction of sp³-hybridized carbons (Fsp3) is 0.143. The molecule has 0 aliphatic heterocycles. The number of esters is 1. The van der Waals surface area contributed by atoms with Crippen LogP contribution in [0.25, 0.3) is 17.3 Å². The van der Waals surface area contributed by atoms with E-state index in [1.807, 2.05) is 95.8 Å². The van der Waals surface area contributed by atoms with Crippen LogP contribution < -0.4 is 4.74 Å². The monoisotopic (exact) mass is 438 g/mol. The zero-order valence-electron chi connectivity index (χ0n) is 18.6. The maximum Gasteiger partial charge on any atom is 0.330 e. The van der Waals surface area contributed by atoms with Gasteiger partial charge in [0.15, 0.2) is 0 Å². The zero-order valence-corrected chi connectivity index (χ0v) is 18.6. The van der Waals surface area contributed by atoms with Crippen molar-refractivity contribution in [1.82, 2.24) is 9.78 Å². The average molecular weight is 439 g/mol. The highest BCUT2D eigenvalue weighted by Crippen LogP contribution is 2.24. The van der Waals surface area contributed by atoms with Crippen LogP contribution in [0.4, 0.5) is 0 Å². The first-order valence-electron chi connectivity index (χ1n) is 10.9. The first-order valence-corrected chi connectivity index (χ1v) is 10.9. The maximum atomic E-state index is 11.8. The van der Waals surface area contributed by atoms with Crippen LogP contribution in [0.15, 0.2) is 97.2 Å². The van der Waals surface area contributed by atoms with Gasteiger partial charge in [0.2, 0.25) is 0 Å². The minimum absolute atomic E-state index is 0.346. The molecule has 1 aromatic heterocycles. The van der Waals surface area contributed by atoms with Gasteiger partial charge >= 0.3 is 5.97 Å². The number of nitrogens with zero attached hydrogens (tertiary/aromatic N) is 2. The van der Waals surface area contributed by atoms with Gasteiger partial charge in [-0.15, -0.1) is 0 Å². The highest BCUT2D eigenvalue weighted by atomic mass is 16.5. The van der Waals surface area contributed by atoms with E-state index in [1.165, 1.54) is 6.08 Å². The van der Waals surface area contributed by atoms with E-state index >= 15 is 0 Å². The molecule has 5 heteroatoms. The predicted octanol–water partition coefficient (Wildman–Crippen LogP) is 5.75. The van der Waals surface area contributed by atoms with Crippen molar-refractivity contribution in [3.05, 3.63) is 114 Å². The van der Waals surface area contributed by atoms with E-state index in [4.69, 9.17) is 14.6 Å². The second kappa shape index (κ2) is 11.0. The van der Waals surface area contributed by atoms with E-state index in [1.54, 1.807) is 13.0 Å². The summed E-state index contributed by atoms with van der Waals surface area (Å²) in [5, 5.41) is 4.78. The molecule has 0 aliphatic carbocycles. The van der Waals surface area contributed by atoms with Crippen molar-refractivity contribution in [3.63, 3.8) is 0 Å². The summed E-state index contributed by atoms with van der Waals surface area (Å²) in [4.78, 5) is 11.8. The topological polar surface area (TPSA) is 53.4 Å². The molecule has 1 heterocycles. The van der Waals surface area contributed by atoms with Crippen LogP contribution >= 0.6 is 0 Å². The SMILES string of the molecule is CCOC(=O)C=Cc1cn(Cc2ccc(OCc3ccccc3)cc2)nc1-c1ccccc1. The Bertz CT molecular complexity index is 1200. The Morgan fingerprint density at radius 2 is 1.61 bits per heavy atom. The molecule has 0 atom stereocenters. The summed E-state index contributed by atoms with van der Waals surface area (Å²) in [5.41, 5.74) is 4.90. The lowest BCUT2D eigenvalue weighted by Crippen LogP contribution is -2.01. The fourth-order valence-electron chi connectivity index (χ4n) is 3.43. The molecule has 0 bridgehead atoms. The van der Waals surface area contributed by atoms with E-state index < -0.39 is 0 Å². The average Bonchev–Trinajstić information content (AvgIpc) is 3.26. The highest BCUT2D eigenvalue weighted by Gasteiger charge is 2.10. The molecule has 0 unspecified atom stereocenters. The smallest absolute Gasteiger partial charge is 0.330 e. The van der Waals surface area contributed by atoms with E-state index in [0.29, 0.717) is 19.8 Å². The van der Waals surface area contributed by atoms with Gasteiger partial charge in [-0.3, -0.25) is 4.68 Å². The fourth-order valence-corrected chi connectivity index (χ4v) is 3.43. The first kappa shape index (κ1) is 22.1. The number of carbonyl (C=O) groups is 1. The van der Waals surface area contributed by atoms with Crippen LogP contribution in [0.5, 0.6) is 5.75 Å². The summed E-state index contributed by atoms with van der Waals surface area (Å²) in [5.74, 6) is 0.460. The molecular weight excluding hydrogens is 412 g/mol. The van der Waals surface area contributed by atoms with Crippen molar-refractivity contribution in [1.29, 1.82) is 0 Å². The minimum atomic E-state index is -0.365. The Morgan fingerprint density at radius 1 is 0.909 bits per heavy atom. The van der Waals surface area contributed by atoms with Gasteiger partial charge in [-0.25, -0.2) is 4.79 Å². The molecule has 4 aromatic rings. The van der Waals surface area contributed by atoms with Crippen molar-refractivity contribution in [2.24, 2.45) is 0 Å². The molecule has 0 radical (unpaired) electrons. The Kier molecular flexibility index (Phi) is 7.33. The number of rotatable bonds is 9. The molecule has 0 aliphatic rings. The van der Waals surface area contributed by atoms with Gasteiger partial charge in [0, 0.05) is 23.4 Å². The van der Waals surface area contributed by atoms with Crippen molar-refractivity contribution >= 4 is 12.0 Å². The maximum absolute atomic E-state index is 11.8. The van der Waals surface area contributed by atoms with E-state index in [9.17, 15) is 4.79 Å². The highest BCUT2D eigenvalue weighted by molar-refractivity contribution is 5.88. The van der Waals surface area contributed by atoms with Crippen molar-refractivity contribution in [2.75, 3.05) is 6.61 Å². The Labute approximate surface area is 193 Å². The molecule has 166 valence electrons. The second-order valence-electron chi connectivity index (χ2n) is 7.50. The van der Waals surface area contributed by atoms with Gasteiger partial charge in [0.25, 0.3) is 0 Å². The van der Waals surface area contributed by atoms with Crippen LogP contribution in [0.3, 0.4) is 0 Å². The molecule has 0 N–H and O–H groups in total. The summed E-state index contributed by atoms with van der Waals surface area (Å²) in [6.45, 7) is 3.28. The number of hydrogen-bond acceptors (Lipinski definition) is 4. The van der Waals surface area contributed by atoms with Gasteiger partial charge in [0.1, 0.15) is 12.4 Å². The Balaban J connectivity index is 1.48. The van der Waals surface area contributed by atoms with Crippen LogP contribution in [0, 0.1) is 0 Å². The van der Waals surface area contributed by atoms with Crippen LogP contribution in [0.2, 0.25) is 0 Å². The summed E-state index contributed by atoms with van der Waals surface area (Å²) in [6, 6.07) is 28.1. The molecule has 0 fully saturated rings. The van der Waals surface area contributed by atoms with Gasteiger partial charge < -0.3 is 9.47 Å². The summed E-state index contributed by atoms with van der Waals surface area (Å²) < 4.78 is 12.8. The van der Waals surface area contributed by atoms with Gasteiger partial charge in [-0.2, -0.15) is 5.10 Å². The standard InChI is InChI=1S/C28H26N2O3/c1-2-32-27(31)18-15-25-20-30(29-28(25)24-11-7-4-8-12-24)19-22-13-16-26(17-14-22)33-21-23-9-5-3-6-10-23/h3-18,20H,2,19,21H2,1H3. The number of benzene rings is 3. The van der Waals surface area contributed by atoms with Crippen LogP contribution in [-0.2, 0) is 22.7 Å². The number of aromatic nitrogens is 2. The molecule has 0 spiro atoms. The number of hydrogen-bond donors (Lipinski definition) is 0. The molecule has 3 aromatic carbocycles. The lowest BCUT2D eigenvalue weighted by molar-refractivity contribution is -0.137. The zero-order chi connectivity index (χ0) is 22.9. The third-order valence-corrected chi connectivity index (χ3v) is 5.04. The predicted molar refractivity (Wildman–Crippen MR) is 130 cm³/mol. The van der Waals surface area contributed by atoms with E-state index in [2.05, 4.69) is 0 Å². The molecule has 5 nitrogen and oxygen atoms in total. The van der Waals surface area contributed by atoms with Gasteiger partial charge in [-0.05, 0) is 36.3 Å². The second-order valence-corrected chi connectivity index (χ2v) is 7.50. The largest absolute Gasteiger partial charge is 0.489 e. The summed E-state index contributed by atoms with van der Waals surface area (Å²) >= 11 is 0. The summed E-state index contributed by atoms with van der Waals surface area (Å²) in [7, 11) is 0. The van der Waals surface area contributed by atoms with Gasteiger partial charge in [-0.1, -0.05) is 72.8 Å². The summed E-state index contributed by atoms with van der Waals surface area (Å²) in [6.07, 6.45) is 5.14. The molecule has 0 saturated heterocycles. The number of ether oxygens (including phenoxy) is 2. The minimum Gasteiger partial charge on any atom is -0.489 e. The molecule has 4 rings (SSSR count). The lowest BCUT2D eigenvalue weighted by atomic mass is 10.1. The van der Waals surface area contributed by atoms with E-state index in [-0.39, 0.29) is 5.97 Å². The molecular formula is C28H26N2O3. The molecule has 0 saturated carbocycles. The quantitative estimate of drug-likeness (QED) is 0.246. The van der Waals surface area contributed by atoms with Crippen LogP contribution in [-0.4, -0.2) is 22.4 Å². The van der Waals surface area contributed by atoms with Crippen molar-refractivity contribution < 1.29 is 14.3 Å². The Morgan fingerprint density at radius 3 is 2.30 bits per heavy atom. The third-order valence-electron chi connectivity index (χ3n) is 5.04. The van der Waals surface area contributed by atoms with Crippen LogP contribution in [0.1, 0.15) is 23.6 Å². The Hall–Kier alpha value is -4.12. The normalized spacial score (nSPS) is 10.9. The first-order chi connectivity index (χ1) is 16.2.